The molecule has 1 heterocycles. The minimum absolute atomic E-state index is 0.00292. The highest BCUT2D eigenvalue weighted by Gasteiger charge is 2.51. The van der Waals surface area contributed by atoms with E-state index in [9.17, 15) is 26.4 Å². The summed E-state index contributed by atoms with van der Waals surface area (Å²) in [7, 11) is -5.71. The number of alkyl halides is 3. The molecule has 0 saturated heterocycles. The van der Waals surface area contributed by atoms with E-state index in [0.717, 1.165) is 26.0 Å². The van der Waals surface area contributed by atoms with Crippen molar-refractivity contribution in [2.24, 2.45) is 0 Å². The average Bonchev–Trinajstić information content (AvgIpc) is 3.41. The normalized spacial score (nSPS) is 15.8. The smallest absolute Gasteiger partial charge is 0.490 e. The third-order valence-corrected chi connectivity index (χ3v) is 5.77. The number of rotatable bonds is 8. The van der Waals surface area contributed by atoms with Crippen molar-refractivity contribution in [2.75, 3.05) is 13.2 Å². The van der Waals surface area contributed by atoms with Gasteiger partial charge in [0, 0.05) is 6.04 Å². The molecule has 154 valence electrons. The van der Waals surface area contributed by atoms with Crippen molar-refractivity contribution in [1.82, 2.24) is 14.6 Å². The van der Waals surface area contributed by atoms with Crippen LogP contribution in [-0.2, 0) is 10.0 Å². The van der Waals surface area contributed by atoms with Crippen LogP contribution in [-0.4, -0.2) is 54.4 Å². The minimum atomic E-state index is -5.71. The van der Waals surface area contributed by atoms with E-state index in [1.807, 2.05) is 0 Å². The first-order valence-corrected chi connectivity index (χ1v) is 9.83. The highest BCUT2D eigenvalue weighted by Crippen LogP contribution is 2.28. The number of nitrogens with zero attached hydrogens (tertiary/aromatic N) is 3. The van der Waals surface area contributed by atoms with E-state index < -0.39 is 40.6 Å². The van der Waals surface area contributed by atoms with Gasteiger partial charge in [-0.2, -0.15) is 22.7 Å². The van der Waals surface area contributed by atoms with Crippen LogP contribution in [0.2, 0.25) is 5.15 Å². The SMILES string of the molecule is C[C@@H](COc1cnc(Cl)c(C(=O)NC2CC2)c1)N(CC#N)S(=O)(=O)C(F)(F)F. The van der Waals surface area contributed by atoms with E-state index in [2.05, 4.69) is 10.3 Å². The summed E-state index contributed by atoms with van der Waals surface area (Å²) in [6.07, 6.45) is 2.86. The highest BCUT2D eigenvalue weighted by molar-refractivity contribution is 7.90. The first kappa shape index (κ1) is 22.2. The molecule has 0 aromatic carbocycles. The zero-order chi connectivity index (χ0) is 21.1. The van der Waals surface area contributed by atoms with Crippen LogP contribution in [0.3, 0.4) is 0 Å². The molecular formula is C15H16ClF3N4O4S. The van der Waals surface area contributed by atoms with Gasteiger partial charge in [-0.05, 0) is 25.8 Å². The Morgan fingerprint density at radius 1 is 1.54 bits per heavy atom. The Hall–Kier alpha value is -2.10. The maximum absolute atomic E-state index is 12.8. The van der Waals surface area contributed by atoms with Gasteiger partial charge in [0.05, 0.1) is 23.9 Å². The lowest BCUT2D eigenvalue weighted by Crippen LogP contribution is -2.47. The van der Waals surface area contributed by atoms with Crippen molar-refractivity contribution in [1.29, 1.82) is 5.26 Å². The maximum atomic E-state index is 12.8. The van der Waals surface area contributed by atoms with Crippen LogP contribution in [0.5, 0.6) is 5.75 Å². The Morgan fingerprint density at radius 3 is 2.71 bits per heavy atom. The molecule has 8 nitrogen and oxygen atoms in total. The van der Waals surface area contributed by atoms with Crippen LogP contribution in [0.25, 0.3) is 0 Å². The molecule has 28 heavy (non-hydrogen) atoms. The molecule has 0 spiro atoms. The summed E-state index contributed by atoms with van der Waals surface area (Å²) < 4.78 is 66.8. The number of ether oxygens (including phenoxy) is 1. The summed E-state index contributed by atoms with van der Waals surface area (Å²) in [5.74, 6) is -0.456. The largest absolute Gasteiger partial charge is 0.511 e. The van der Waals surface area contributed by atoms with Crippen molar-refractivity contribution in [3.05, 3.63) is 23.0 Å². The van der Waals surface area contributed by atoms with E-state index in [-0.39, 0.29) is 26.8 Å². The third kappa shape index (κ3) is 5.24. The number of amides is 1. The number of sulfonamides is 1. The summed E-state index contributed by atoms with van der Waals surface area (Å²) in [5.41, 5.74) is -5.52. The van der Waals surface area contributed by atoms with Gasteiger partial charge in [0.25, 0.3) is 5.91 Å². The minimum Gasteiger partial charge on any atom is -0.490 e. The van der Waals surface area contributed by atoms with Gasteiger partial charge in [-0.25, -0.2) is 13.4 Å². The molecular weight excluding hydrogens is 425 g/mol. The Bertz CT molecular complexity index is 884. The quantitative estimate of drug-likeness (QED) is 0.489. The van der Waals surface area contributed by atoms with Crippen molar-refractivity contribution in [3.63, 3.8) is 0 Å². The summed E-state index contributed by atoms with van der Waals surface area (Å²) in [6.45, 7) is -0.352. The molecule has 1 aliphatic rings. The predicted molar refractivity (Wildman–Crippen MR) is 92.0 cm³/mol. The molecule has 1 atom stereocenters. The van der Waals surface area contributed by atoms with Gasteiger partial charge in [-0.3, -0.25) is 4.79 Å². The van der Waals surface area contributed by atoms with Crippen LogP contribution in [0, 0.1) is 11.3 Å². The van der Waals surface area contributed by atoms with Crippen LogP contribution in [0.15, 0.2) is 12.3 Å². The van der Waals surface area contributed by atoms with E-state index >= 15 is 0 Å². The zero-order valence-corrected chi connectivity index (χ0v) is 16.1. The lowest BCUT2D eigenvalue weighted by Gasteiger charge is -2.26. The summed E-state index contributed by atoms with van der Waals surface area (Å²) in [5, 5.41) is 11.3. The van der Waals surface area contributed by atoms with Crippen LogP contribution >= 0.6 is 11.6 Å². The number of pyridine rings is 1. The van der Waals surface area contributed by atoms with Gasteiger partial charge in [-0.1, -0.05) is 11.6 Å². The van der Waals surface area contributed by atoms with Crippen molar-refractivity contribution in [3.8, 4) is 11.8 Å². The molecule has 0 radical (unpaired) electrons. The number of aromatic nitrogens is 1. The molecule has 2 rings (SSSR count). The average molecular weight is 441 g/mol. The summed E-state index contributed by atoms with van der Waals surface area (Å²) in [6, 6.07) is 1.40. The number of hydrogen-bond donors (Lipinski definition) is 1. The number of nitrogens with one attached hydrogen (secondary N) is 1. The van der Waals surface area contributed by atoms with E-state index in [0.29, 0.717) is 0 Å². The maximum Gasteiger partial charge on any atom is 0.511 e. The molecule has 1 aliphatic carbocycles. The second kappa shape index (κ2) is 8.50. The second-order valence-electron chi connectivity index (χ2n) is 6.07. The fourth-order valence-electron chi connectivity index (χ4n) is 2.14. The van der Waals surface area contributed by atoms with Crippen LogP contribution < -0.4 is 10.1 Å². The second-order valence-corrected chi connectivity index (χ2v) is 8.31. The molecule has 1 amide bonds. The predicted octanol–water partition coefficient (Wildman–Crippen LogP) is 2.07. The highest BCUT2D eigenvalue weighted by atomic mass is 35.5. The molecule has 1 fully saturated rings. The fraction of sp³-hybridized carbons (Fsp3) is 0.533. The van der Waals surface area contributed by atoms with E-state index in [1.165, 1.54) is 12.1 Å². The Labute approximate surface area is 164 Å². The van der Waals surface area contributed by atoms with Gasteiger partial charge in [0.15, 0.2) is 0 Å². The van der Waals surface area contributed by atoms with Gasteiger partial charge >= 0.3 is 15.5 Å². The van der Waals surface area contributed by atoms with Crippen molar-refractivity contribution < 1.29 is 31.1 Å². The molecule has 1 aromatic rings. The lowest BCUT2D eigenvalue weighted by atomic mass is 10.2. The topological polar surface area (TPSA) is 112 Å². The van der Waals surface area contributed by atoms with Gasteiger partial charge in [-0.15, -0.1) is 0 Å². The number of nitriles is 1. The standard InChI is InChI=1S/C15H16ClF3N4O4S/c1-9(23(5-4-20)28(25,26)15(17,18)19)8-27-11-6-12(13(16)21-7-11)14(24)22-10-2-3-10/h6-7,9-10H,2-3,5,8H2,1H3,(H,22,24)/t9-/m0/s1. The van der Waals surface area contributed by atoms with Gasteiger partial charge in [0.1, 0.15) is 24.1 Å². The molecule has 0 unspecified atom stereocenters. The summed E-state index contributed by atoms with van der Waals surface area (Å²) >= 11 is 5.88. The number of halogens is 4. The summed E-state index contributed by atoms with van der Waals surface area (Å²) in [4.78, 5) is 15.9. The van der Waals surface area contributed by atoms with Crippen molar-refractivity contribution >= 4 is 27.5 Å². The Morgan fingerprint density at radius 2 is 2.18 bits per heavy atom. The lowest BCUT2D eigenvalue weighted by molar-refractivity contribution is -0.0499. The molecule has 1 aromatic heterocycles. The van der Waals surface area contributed by atoms with Crippen molar-refractivity contribution in [2.45, 2.75) is 37.4 Å². The molecule has 0 aliphatic heterocycles. The fourth-order valence-corrected chi connectivity index (χ4v) is 3.36. The molecule has 13 heteroatoms. The molecule has 1 N–H and O–H groups in total. The number of carbonyl (C=O) groups is 1. The van der Waals surface area contributed by atoms with Gasteiger partial charge in [0.2, 0.25) is 0 Å². The van der Waals surface area contributed by atoms with E-state index in [4.69, 9.17) is 21.6 Å². The van der Waals surface area contributed by atoms with Crippen LogP contribution in [0.4, 0.5) is 13.2 Å². The third-order valence-electron chi connectivity index (χ3n) is 3.78. The Kier molecular flexibility index (Phi) is 6.74. The number of hydrogen-bond acceptors (Lipinski definition) is 6. The van der Waals surface area contributed by atoms with Crippen LogP contribution in [0.1, 0.15) is 30.1 Å². The molecule has 0 bridgehead atoms. The first-order chi connectivity index (χ1) is 13.0. The Balaban J connectivity index is 2.11. The molecule has 1 saturated carbocycles. The zero-order valence-electron chi connectivity index (χ0n) is 14.5. The monoisotopic (exact) mass is 440 g/mol. The first-order valence-electron chi connectivity index (χ1n) is 8.01. The van der Waals surface area contributed by atoms with E-state index in [1.54, 1.807) is 0 Å². The number of carbonyl (C=O) groups excluding carboxylic acids is 1. The van der Waals surface area contributed by atoms with Gasteiger partial charge < -0.3 is 10.1 Å².